The molecule has 0 radical (unpaired) electrons. The van der Waals surface area contributed by atoms with Crippen molar-refractivity contribution >= 4 is 21.5 Å². The summed E-state index contributed by atoms with van der Waals surface area (Å²) in [4.78, 5) is 0. The van der Waals surface area contributed by atoms with Gasteiger partial charge in [-0.3, -0.25) is 0 Å². The molecule has 0 aliphatic carbocycles. The Morgan fingerprint density at radius 1 is 0.737 bits per heavy atom. The number of phenolic OH excluding ortho intramolecular Hbond substituents is 2. The Hall–Kier alpha value is -2.22. The standard InChI is InChI=1S/C17H16O2/c1-10(2)17-14-9-16(19)13-6-4-3-5-11(13)12(14)7-8-15(17)18/h3-10,18-19H,1-2H3. The van der Waals surface area contributed by atoms with E-state index in [1.165, 1.54) is 0 Å². The lowest BCUT2D eigenvalue weighted by Gasteiger charge is -2.14. The number of aromatic hydroxyl groups is 2. The van der Waals surface area contributed by atoms with Crippen LogP contribution in [0.5, 0.6) is 11.5 Å². The van der Waals surface area contributed by atoms with E-state index >= 15 is 0 Å². The molecule has 3 aromatic carbocycles. The first-order chi connectivity index (χ1) is 9.09. The van der Waals surface area contributed by atoms with E-state index in [0.29, 0.717) is 0 Å². The molecule has 96 valence electrons. The Morgan fingerprint density at radius 2 is 1.37 bits per heavy atom. The fourth-order valence-electron chi connectivity index (χ4n) is 2.78. The van der Waals surface area contributed by atoms with Gasteiger partial charge in [0.2, 0.25) is 0 Å². The molecule has 3 aromatic rings. The van der Waals surface area contributed by atoms with E-state index in [2.05, 4.69) is 0 Å². The Labute approximate surface area is 111 Å². The first kappa shape index (κ1) is 11.8. The molecule has 19 heavy (non-hydrogen) atoms. The fraction of sp³-hybridized carbons (Fsp3) is 0.176. The number of phenols is 2. The lowest BCUT2D eigenvalue weighted by atomic mass is 9.92. The van der Waals surface area contributed by atoms with Crippen LogP contribution in [0, 0.1) is 0 Å². The van der Waals surface area contributed by atoms with Gasteiger partial charge in [0.1, 0.15) is 11.5 Å². The van der Waals surface area contributed by atoms with Gasteiger partial charge in [-0.2, -0.15) is 0 Å². The topological polar surface area (TPSA) is 40.5 Å². The highest BCUT2D eigenvalue weighted by Crippen LogP contribution is 2.39. The first-order valence-electron chi connectivity index (χ1n) is 6.46. The van der Waals surface area contributed by atoms with Crippen LogP contribution in [0.4, 0.5) is 0 Å². The van der Waals surface area contributed by atoms with Crippen molar-refractivity contribution in [2.75, 3.05) is 0 Å². The Bertz CT molecular complexity index is 773. The van der Waals surface area contributed by atoms with Gasteiger partial charge in [-0.1, -0.05) is 44.2 Å². The van der Waals surface area contributed by atoms with Crippen LogP contribution < -0.4 is 0 Å². The molecule has 0 aliphatic rings. The van der Waals surface area contributed by atoms with Crippen LogP contribution in [-0.4, -0.2) is 10.2 Å². The summed E-state index contributed by atoms with van der Waals surface area (Å²) in [6.45, 7) is 4.08. The summed E-state index contributed by atoms with van der Waals surface area (Å²) in [6, 6.07) is 13.2. The van der Waals surface area contributed by atoms with E-state index in [0.717, 1.165) is 27.1 Å². The molecule has 0 spiro atoms. The third-order valence-corrected chi connectivity index (χ3v) is 3.62. The normalized spacial score (nSPS) is 11.5. The summed E-state index contributed by atoms with van der Waals surface area (Å²) in [5.74, 6) is 0.747. The van der Waals surface area contributed by atoms with Crippen molar-refractivity contribution in [1.82, 2.24) is 0 Å². The molecular weight excluding hydrogens is 236 g/mol. The van der Waals surface area contributed by atoms with E-state index in [9.17, 15) is 10.2 Å². The maximum atomic E-state index is 10.2. The zero-order valence-corrected chi connectivity index (χ0v) is 11.0. The molecule has 0 aromatic heterocycles. The number of fused-ring (bicyclic) bond motifs is 3. The van der Waals surface area contributed by atoms with Crippen LogP contribution in [0.1, 0.15) is 25.3 Å². The highest BCUT2D eigenvalue weighted by Gasteiger charge is 2.14. The monoisotopic (exact) mass is 252 g/mol. The largest absolute Gasteiger partial charge is 0.508 e. The van der Waals surface area contributed by atoms with Crippen molar-refractivity contribution in [3.63, 3.8) is 0 Å². The highest BCUT2D eigenvalue weighted by atomic mass is 16.3. The zero-order valence-electron chi connectivity index (χ0n) is 11.0. The predicted octanol–water partition coefficient (Wildman–Crippen LogP) is 4.53. The molecule has 2 N–H and O–H groups in total. The predicted molar refractivity (Wildman–Crippen MR) is 78.9 cm³/mol. The summed E-state index contributed by atoms with van der Waals surface area (Å²) in [5.41, 5.74) is 0.888. The van der Waals surface area contributed by atoms with E-state index in [-0.39, 0.29) is 17.4 Å². The summed E-state index contributed by atoms with van der Waals surface area (Å²) >= 11 is 0. The number of rotatable bonds is 1. The van der Waals surface area contributed by atoms with Gasteiger partial charge >= 0.3 is 0 Å². The van der Waals surface area contributed by atoms with E-state index < -0.39 is 0 Å². The minimum Gasteiger partial charge on any atom is -0.508 e. The maximum Gasteiger partial charge on any atom is 0.124 e. The molecule has 0 heterocycles. The molecule has 0 saturated carbocycles. The lowest BCUT2D eigenvalue weighted by molar-refractivity contribution is 0.466. The van der Waals surface area contributed by atoms with Crippen LogP contribution in [0.15, 0.2) is 42.5 Å². The summed E-state index contributed by atoms with van der Waals surface area (Å²) in [6.07, 6.45) is 0. The van der Waals surface area contributed by atoms with Crippen LogP contribution in [-0.2, 0) is 0 Å². The number of benzene rings is 3. The van der Waals surface area contributed by atoms with Crippen molar-refractivity contribution in [3.8, 4) is 11.5 Å². The van der Waals surface area contributed by atoms with Crippen LogP contribution in [0.3, 0.4) is 0 Å². The molecule has 3 rings (SSSR count). The molecule has 0 bridgehead atoms. The second-order valence-corrected chi connectivity index (χ2v) is 5.19. The molecule has 2 nitrogen and oxygen atoms in total. The molecule has 0 aliphatic heterocycles. The number of hydrogen-bond donors (Lipinski definition) is 2. The van der Waals surface area contributed by atoms with Crippen molar-refractivity contribution in [1.29, 1.82) is 0 Å². The Balaban J connectivity index is 2.56. The van der Waals surface area contributed by atoms with Crippen molar-refractivity contribution in [3.05, 3.63) is 48.0 Å². The highest BCUT2D eigenvalue weighted by molar-refractivity contribution is 6.11. The van der Waals surface area contributed by atoms with Gasteiger partial charge in [0.15, 0.2) is 0 Å². The molecule has 0 atom stereocenters. The van der Waals surface area contributed by atoms with E-state index in [1.54, 1.807) is 12.1 Å². The average molecular weight is 252 g/mol. The molecule has 0 fully saturated rings. The Morgan fingerprint density at radius 3 is 2.05 bits per heavy atom. The first-order valence-corrected chi connectivity index (χ1v) is 6.46. The summed E-state index contributed by atoms with van der Waals surface area (Å²) in [5, 5.41) is 24.1. The SMILES string of the molecule is CC(C)c1c(O)ccc2c1cc(O)c1ccccc12. The minimum atomic E-state index is 0.198. The smallest absolute Gasteiger partial charge is 0.124 e. The van der Waals surface area contributed by atoms with Crippen LogP contribution in [0.25, 0.3) is 21.5 Å². The van der Waals surface area contributed by atoms with Crippen LogP contribution >= 0.6 is 0 Å². The van der Waals surface area contributed by atoms with Gasteiger partial charge in [-0.25, -0.2) is 0 Å². The third-order valence-electron chi connectivity index (χ3n) is 3.62. The summed E-state index contributed by atoms with van der Waals surface area (Å²) < 4.78 is 0. The van der Waals surface area contributed by atoms with Gasteiger partial charge in [0, 0.05) is 10.9 Å². The number of hydrogen-bond acceptors (Lipinski definition) is 2. The van der Waals surface area contributed by atoms with Gasteiger partial charge in [-0.05, 0) is 34.2 Å². The van der Waals surface area contributed by atoms with Gasteiger partial charge in [0.05, 0.1) is 0 Å². The molecule has 0 amide bonds. The van der Waals surface area contributed by atoms with Crippen LogP contribution in [0.2, 0.25) is 0 Å². The van der Waals surface area contributed by atoms with Gasteiger partial charge in [0.25, 0.3) is 0 Å². The quantitative estimate of drug-likeness (QED) is 0.625. The maximum absolute atomic E-state index is 10.2. The third kappa shape index (κ3) is 1.72. The average Bonchev–Trinajstić information content (AvgIpc) is 2.38. The lowest BCUT2D eigenvalue weighted by Crippen LogP contribution is -1.91. The minimum absolute atomic E-state index is 0.198. The van der Waals surface area contributed by atoms with Crippen molar-refractivity contribution in [2.45, 2.75) is 19.8 Å². The second-order valence-electron chi connectivity index (χ2n) is 5.19. The van der Waals surface area contributed by atoms with Crippen molar-refractivity contribution < 1.29 is 10.2 Å². The molecular formula is C17H16O2. The van der Waals surface area contributed by atoms with Gasteiger partial charge < -0.3 is 10.2 Å². The second kappa shape index (κ2) is 4.16. The van der Waals surface area contributed by atoms with E-state index in [1.807, 2.05) is 44.2 Å². The van der Waals surface area contributed by atoms with Crippen molar-refractivity contribution in [2.24, 2.45) is 0 Å². The molecule has 0 saturated heterocycles. The zero-order chi connectivity index (χ0) is 13.6. The summed E-state index contributed by atoms with van der Waals surface area (Å²) in [7, 11) is 0. The fourth-order valence-corrected chi connectivity index (χ4v) is 2.78. The Kier molecular flexibility index (Phi) is 2.59. The van der Waals surface area contributed by atoms with Gasteiger partial charge in [-0.15, -0.1) is 0 Å². The van der Waals surface area contributed by atoms with E-state index in [4.69, 9.17) is 0 Å². The molecule has 2 heteroatoms. The molecule has 0 unspecified atom stereocenters.